The summed E-state index contributed by atoms with van der Waals surface area (Å²) in [6, 6.07) is 16.9. The molecule has 2 N–H and O–H groups in total. The number of carbonyl (C=O) groups excluding carboxylic acids is 4. The van der Waals surface area contributed by atoms with Crippen molar-refractivity contribution in [2.24, 2.45) is 11.3 Å². The molecule has 0 aliphatic heterocycles. The zero-order valence-electron chi connectivity index (χ0n) is 27.9. The molecule has 2 aromatic rings. The van der Waals surface area contributed by atoms with Crippen LogP contribution in [0.3, 0.4) is 0 Å². The Kier molecular flexibility index (Phi) is 17.2. The first-order valence-corrected chi connectivity index (χ1v) is 16.5. The molecule has 2 atom stereocenters. The topological polar surface area (TPSA) is 111 Å². The number of hydrogen-bond donors (Lipinski definition) is 2. The van der Waals surface area contributed by atoms with E-state index in [9.17, 15) is 19.2 Å². The third kappa shape index (κ3) is 14.4. The van der Waals surface area contributed by atoms with Gasteiger partial charge in [-0.2, -0.15) is 0 Å². The van der Waals surface area contributed by atoms with Crippen molar-refractivity contribution >= 4 is 23.6 Å². The third-order valence-electron chi connectivity index (χ3n) is 7.73. The molecule has 0 heterocycles. The van der Waals surface area contributed by atoms with E-state index < -0.39 is 35.2 Å². The lowest BCUT2D eigenvalue weighted by Gasteiger charge is -2.29. The first kappa shape index (κ1) is 37.7. The highest BCUT2D eigenvalue weighted by Gasteiger charge is 2.42. The fourth-order valence-corrected chi connectivity index (χ4v) is 4.98. The van der Waals surface area contributed by atoms with Gasteiger partial charge in [0.15, 0.2) is 5.78 Å². The SMILES string of the molecule is CCCCCCCCCC(=O)N[C@@H](COCc1ccccc1)C(=O)N[C@@H](CC(C)C)C(=O)C(C)(C)C(=O)OCc1ccccc1. The lowest BCUT2D eigenvalue weighted by Crippen LogP contribution is -2.56. The molecule has 2 amide bonds. The minimum Gasteiger partial charge on any atom is -0.460 e. The van der Waals surface area contributed by atoms with Crippen LogP contribution in [0.5, 0.6) is 0 Å². The van der Waals surface area contributed by atoms with Crippen LogP contribution >= 0.6 is 0 Å². The van der Waals surface area contributed by atoms with E-state index in [1.165, 1.54) is 33.1 Å². The minimum atomic E-state index is -1.50. The van der Waals surface area contributed by atoms with Gasteiger partial charge in [0, 0.05) is 6.42 Å². The number of ether oxygens (including phenoxy) is 2. The van der Waals surface area contributed by atoms with Crippen LogP contribution in [0.2, 0.25) is 0 Å². The van der Waals surface area contributed by atoms with Gasteiger partial charge in [-0.05, 0) is 43.7 Å². The van der Waals surface area contributed by atoms with Crippen molar-refractivity contribution in [2.45, 2.75) is 118 Å². The summed E-state index contributed by atoms with van der Waals surface area (Å²) in [5, 5.41) is 5.67. The molecule has 8 nitrogen and oxygen atoms in total. The number of ketones is 1. The van der Waals surface area contributed by atoms with Crippen LogP contribution in [0.4, 0.5) is 0 Å². The normalized spacial score (nSPS) is 12.8. The number of esters is 1. The van der Waals surface area contributed by atoms with Crippen LogP contribution < -0.4 is 10.6 Å². The molecule has 45 heavy (non-hydrogen) atoms. The second-order valence-corrected chi connectivity index (χ2v) is 12.7. The van der Waals surface area contributed by atoms with Crippen LogP contribution in [-0.4, -0.2) is 42.3 Å². The predicted molar refractivity (Wildman–Crippen MR) is 177 cm³/mol. The van der Waals surface area contributed by atoms with Crippen LogP contribution in [-0.2, 0) is 41.9 Å². The molecular weight excluding hydrogens is 568 g/mol. The smallest absolute Gasteiger partial charge is 0.319 e. The van der Waals surface area contributed by atoms with Crippen LogP contribution in [0.1, 0.15) is 104 Å². The summed E-state index contributed by atoms with van der Waals surface area (Å²) in [5.74, 6) is -1.81. The maximum Gasteiger partial charge on any atom is 0.319 e. The zero-order valence-corrected chi connectivity index (χ0v) is 27.9. The minimum absolute atomic E-state index is 0.0448. The molecule has 2 aromatic carbocycles. The number of hydrogen-bond acceptors (Lipinski definition) is 6. The van der Waals surface area contributed by atoms with Crippen molar-refractivity contribution in [3.8, 4) is 0 Å². The van der Waals surface area contributed by atoms with Gasteiger partial charge in [0.1, 0.15) is 18.1 Å². The first-order valence-electron chi connectivity index (χ1n) is 16.5. The van der Waals surface area contributed by atoms with Gasteiger partial charge >= 0.3 is 5.97 Å². The molecular formula is C37H54N2O6. The molecule has 0 saturated carbocycles. The van der Waals surface area contributed by atoms with E-state index in [-0.39, 0.29) is 31.6 Å². The lowest BCUT2D eigenvalue weighted by molar-refractivity contribution is -0.160. The van der Waals surface area contributed by atoms with Crippen molar-refractivity contribution in [2.75, 3.05) is 6.61 Å². The van der Waals surface area contributed by atoms with E-state index in [1.54, 1.807) is 0 Å². The van der Waals surface area contributed by atoms with Gasteiger partial charge in [0.25, 0.3) is 0 Å². The van der Waals surface area contributed by atoms with Gasteiger partial charge in [-0.15, -0.1) is 0 Å². The van der Waals surface area contributed by atoms with E-state index in [4.69, 9.17) is 9.47 Å². The molecule has 8 heteroatoms. The number of nitrogens with one attached hydrogen (secondary N) is 2. The number of Topliss-reactive ketones (excluding diaryl/α,β-unsaturated/α-hetero) is 1. The summed E-state index contributed by atoms with van der Waals surface area (Å²) >= 11 is 0. The van der Waals surface area contributed by atoms with Crippen molar-refractivity contribution < 1.29 is 28.7 Å². The highest BCUT2D eigenvalue weighted by Crippen LogP contribution is 2.24. The van der Waals surface area contributed by atoms with Crippen LogP contribution in [0.15, 0.2) is 60.7 Å². The summed E-state index contributed by atoms with van der Waals surface area (Å²) in [4.78, 5) is 53.4. The molecule has 0 aliphatic carbocycles. The average Bonchev–Trinajstić information content (AvgIpc) is 3.02. The Morgan fingerprint density at radius 2 is 1.29 bits per heavy atom. The molecule has 0 saturated heterocycles. The van der Waals surface area contributed by atoms with E-state index in [0.29, 0.717) is 12.8 Å². The summed E-state index contributed by atoms with van der Waals surface area (Å²) in [5.41, 5.74) is 0.253. The summed E-state index contributed by atoms with van der Waals surface area (Å²) in [6.45, 7) is 9.36. The maximum atomic E-state index is 13.8. The van der Waals surface area contributed by atoms with Gasteiger partial charge in [-0.1, -0.05) is 120 Å². The van der Waals surface area contributed by atoms with Crippen molar-refractivity contribution in [3.05, 3.63) is 71.8 Å². The van der Waals surface area contributed by atoms with Crippen LogP contribution in [0, 0.1) is 11.3 Å². The lowest BCUT2D eigenvalue weighted by atomic mass is 9.81. The highest BCUT2D eigenvalue weighted by molar-refractivity contribution is 6.06. The molecule has 0 aromatic heterocycles. The Labute approximate surface area is 270 Å². The number of benzene rings is 2. The Balaban J connectivity index is 2.08. The Bertz CT molecular complexity index is 1170. The molecule has 0 unspecified atom stereocenters. The van der Waals surface area contributed by atoms with E-state index in [2.05, 4.69) is 17.6 Å². The number of unbranched alkanes of at least 4 members (excludes halogenated alkanes) is 6. The molecule has 0 fully saturated rings. The summed E-state index contributed by atoms with van der Waals surface area (Å²) in [7, 11) is 0. The second kappa shape index (κ2) is 20.5. The Hall–Kier alpha value is -3.52. The molecule has 2 rings (SSSR count). The van der Waals surface area contributed by atoms with Gasteiger partial charge in [0.05, 0.1) is 19.3 Å². The summed E-state index contributed by atoms with van der Waals surface area (Å²) < 4.78 is 11.3. The van der Waals surface area contributed by atoms with Gasteiger partial charge in [0.2, 0.25) is 11.8 Å². The largest absolute Gasteiger partial charge is 0.460 e. The average molecular weight is 623 g/mol. The monoisotopic (exact) mass is 622 g/mol. The standard InChI is InChI=1S/C37H54N2O6/c1-6-7-8-9-10-11-18-23-33(40)38-32(27-44-25-29-19-14-12-15-20-29)35(42)39-31(24-28(2)3)34(41)37(4,5)36(43)45-26-30-21-16-13-17-22-30/h12-17,19-22,28,31-32H,6-11,18,23-27H2,1-5H3,(H,38,40)(H,39,42)/t31-,32-/m0/s1. The quantitative estimate of drug-likeness (QED) is 0.0859. The van der Waals surface area contributed by atoms with E-state index in [1.807, 2.05) is 74.5 Å². The fourth-order valence-electron chi connectivity index (χ4n) is 4.98. The summed E-state index contributed by atoms with van der Waals surface area (Å²) in [6.07, 6.45) is 8.21. The third-order valence-corrected chi connectivity index (χ3v) is 7.73. The van der Waals surface area contributed by atoms with Gasteiger partial charge in [-0.25, -0.2) is 0 Å². The second-order valence-electron chi connectivity index (χ2n) is 12.7. The highest BCUT2D eigenvalue weighted by atomic mass is 16.5. The van der Waals surface area contributed by atoms with E-state index >= 15 is 0 Å². The Morgan fingerprint density at radius 1 is 0.733 bits per heavy atom. The molecule has 248 valence electrons. The van der Waals surface area contributed by atoms with Crippen molar-refractivity contribution in [1.82, 2.24) is 10.6 Å². The number of carbonyl (C=O) groups is 4. The van der Waals surface area contributed by atoms with Crippen LogP contribution in [0.25, 0.3) is 0 Å². The molecule has 0 radical (unpaired) electrons. The van der Waals surface area contributed by atoms with Gasteiger partial charge in [-0.3, -0.25) is 19.2 Å². The van der Waals surface area contributed by atoms with E-state index in [0.717, 1.165) is 36.8 Å². The zero-order chi connectivity index (χ0) is 33.1. The number of rotatable bonds is 22. The molecule has 0 aliphatic rings. The Morgan fingerprint density at radius 3 is 1.87 bits per heavy atom. The van der Waals surface area contributed by atoms with Crippen molar-refractivity contribution in [3.63, 3.8) is 0 Å². The molecule has 0 spiro atoms. The first-order chi connectivity index (χ1) is 21.5. The van der Waals surface area contributed by atoms with Crippen molar-refractivity contribution in [1.29, 1.82) is 0 Å². The number of amides is 2. The molecule has 0 bridgehead atoms. The van der Waals surface area contributed by atoms with Gasteiger partial charge < -0.3 is 20.1 Å². The maximum absolute atomic E-state index is 13.8. The predicted octanol–water partition coefficient (Wildman–Crippen LogP) is 6.70. The fraction of sp³-hybridized carbons (Fsp3) is 0.568.